The van der Waals surface area contributed by atoms with Crippen molar-refractivity contribution in [1.82, 2.24) is 0 Å². The fourth-order valence-electron chi connectivity index (χ4n) is 0.561. The third-order valence-electron chi connectivity index (χ3n) is 0.784. The van der Waals surface area contributed by atoms with Gasteiger partial charge in [-0.05, 0) is 5.92 Å². The van der Waals surface area contributed by atoms with Crippen LogP contribution in [0.3, 0.4) is 0 Å². The predicted octanol–water partition coefficient (Wildman–Crippen LogP) is 0.00700. The van der Waals surface area contributed by atoms with Crippen molar-refractivity contribution < 1.29 is 13.5 Å². The summed E-state index contributed by atoms with van der Waals surface area (Å²) in [4.78, 5) is 0. The Labute approximate surface area is 55.6 Å². The molecule has 0 aliphatic carbocycles. The van der Waals surface area contributed by atoms with E-state index in [9.17, 15) is 8.42 Å². The number of hydrogen-bond acceptors (Lipinski definition) is 3. The molecule has 1 N–H and O–H groups in total. The lowest BCUT2D eigenvalue weighted by Crippen LogP contribution is -2.14. The molecule has 0 heterocycles. The van der Waals surface area contributed by atoms with E-state index in [1.165, 1.54) is 0 Å². The van der Waals surface area contributed by atoms with Crippen molar-refractivity contribution in [3.63, 3.8) is 0 Å². The van der Waals surface area contributed by atoms with Gasteiger partial charge < -0.3 is 5.11 Å². The van der Waals surface area contributed by atoms with Gasteiger partial charge in [-0.25, -0.2) is 8.42 Å². The second-order valence-electron chi connectivity index (χ2n) is 2.43. The predicted molar refractivity (Wildman–Crippen MR) is 35.7 cm³/mol. The highest BCUT2D eigenvalue weighted by atomic mass is 32.2. The molecule has 0 saturated heterocycles. The topological polar surface area (TPSA) is 54.4 Å². The van der Waals surface area contributed by atoms with Crippen molar-refractivity contribution in [3.05, 3.63) is 0 Å². The van der Waals surface area contributed by atoms with Crippen LogP contribution in [0.5, 0.6) is 0 Å². The van der Waals surface area contributed by atoms with E-state index in [1.807, 2.05) is 0 Å². The Kier molecular flexibility index (Phi) is 3.14. The number of aliphatic hydroxyl groups is 1. The van der Waals surface area contributed by atoms with Crippen LogP contribution in [0.15, 0.2) is 0 Å². The second kappa shape index (κ2) is 3.17. The lowest BCUT2D eigenvalue weighted by Gasteiger charge is -2.01. The monoisotopic (exact) mass is 152 g/mol. The van der Waals surface area contributed by atoms with E-state index in [0.29, 0.717) is 0 Å². The first-order valence-electron chi connectivity index (χ1n) is 2.79. The van der Waals surface area contributed by atoms with Gasteiger partial charge in [-0.1, -0.05) is 13.8 Å². The van der Waals surface area contributed by atoms with Gasteiger partial charge >= 0.3 is 0 Å². The van der Waals surface area contributed by atoms with Gasteiger partial charge in [0.2, 0.25) is 0 Å². The fourth-order valence-corrected chi connectivity index (χ4v) is 1.68. The van der Waals surface area contributed by atoms with Crippen LogP contribution in [-0.4, -0.2) is 25.2 Å². The molecule has 0 unspecified atom stereocenters. The summed E-state index contributed by atoms with van der Waals surface area (Å²) in [6.45, 7) is 3.60. The molecule has 4 heteroatoms. The van der Waals surface area contributed by atoms with Gasteiger partial charge in [0.05, 0.1) is 5.75 Å². The van der Waals surface area contributed by atoms with Gasteiger partial charge in [-0.3, -0.25) is 0 Å². The highest BCUT2D eigenvalue weighted by Gasteiger charge is 2.09. The summed E-state index contributed by atoms with van der Waals surface area (Å²) in [6, 6.07) is 0. The van der Waals surface area contributed by atoms with Crippen LogP contribution in [0.1, 0.15) is 13.8 Å². The van der Waals surface area contributed by atoms with E-state index in [4.69, 9.17) is 5.11 Å². The summed E-state index contributed by atoms with van der Waals surface area (Å²) in [5.74, 6) is -0.559. The molecule has 0 atom stereocenters. The molecule has 9 heavy (non-hydrogen) atoms. The van der Waals surface area contributed by atoms with Crippen LogP contribution in [0.25, 0.3) is 0 Å². The molecule has 0 radical (unpaired) electrons. The van der Waals surface area contributed by atoms with Crippen LogP contribution in [0, 0.1) is 5.92 Å². The molecular formula is C5H12O3S. The average Bonchev–Trinajstić information content (AvgIpc) is 1.63. The van der Waals surface area contributed by atoms with Crippen LogP contribution < -0.4 is 0 Å². The SMILES string of the molecule is CC(C)CS(=O)(=O)CO. The Balaban J connectivity index is 3.90. The molecule has 0 bridgehead atoms. The first-order chi connectivity index (χ1) is 3.98. The smallest absolute Gasteiger partial charge is 0.174 e. The van der Waals surface area contributed by atoms with E-state index in [1.54, 1.807) is 13.8 Å². The van der Waals surface area contributed by atoms with Crippen molar-refractivity contribution >= 4 is 9.84 Å². The van der Waals surface area contributed by atoms with Crippen LogP contribution >= 0.6 is 0 Å². The van der Waals surface area contributed by atoms with Gasteiger partial charge in [0.15, 0.2) is 9.84 Å². The molecule has 0 aromatic rings. The van der Waals surface area contributed by atoms with Crippen molar-refractivity contribution in [2.75, 3.05) is 11.7 Å². The van der Waals surface area contributed by atoms with Crippen LogP contribution in [-0.2, 0) is 9.84 Å². The minimum atomic E-state index is -3.16. The van der Waals surface area contributed by atoms with E-state index >= 15 is 0 Å². The standard InChI is InChI=1S/C5H12O3S/c1-5(2)3-9(7,8)4-6/h5-6H,3-4H2,1-2H3. The minimum Gasteiger partial charge on any atom is -0.380 e. The molecule has 0 rings (SSSR count). The summed E-state index contributed by atoms with van der Waals surface area (Å²) in [5, 5.41) is 8.25. The van der Waals surface area contributed by atoms with E-state index in [2.05, 4.69) is 0 Å². The molecule has 0 spiro atoms. The zero-order valence-corrected chi connectivity index (χ0v) is 6.48. The molecule has 0 aliphatic rings. The normalized spacial score (nSPS) is 12.4. The highest BCUT2D eigenvalue weighted by Crippen LogP contribution is 1.98. The second-order valence-corrected chi connectivity index (χ2v) is 4.51. The summed E-state index contributed by atoms with van der Waals surface area (Å²) >= 11 is 0. The van der Waals surface area contributed by atoms with E-state index in [-0.39, 0.29) is 11.7 Å². The average molecular weight is 152 g/mol. The first kappa shape index (κ1) is 8.91. The maximum absolute atomic E-state index is 10.6. The van der Waals surface area contributed by atoms with Crippen LogP contribution in [0.2, 0.25) is 0 Å². The lowest BCUT2D eigenvalue weighted by molar-refractivity contribution is 0.357. The fraction of sp³-hybridized carbons (Fsp3) is 1.00. The molecule has 0 fully saturated rings. The van der Waals surface area contributed by atoms with Gasteiger partial charge in [-0.2, -0.15) is 0 Å². The van der Waals surface area contributed by atoms with Gasteiger partial charge in [0.1, 0.15) is 5.94 Å². The number of sulfone groups is 1. The maximum atomic E-state index is 10.6. The Morgan fingerprint density at radius 2 is 1.89 bits per heavy atom. The third-order valence-corrected chi connectivity index (χ3v) is 2.35. The van der Waals surface area contributed by atoms with Crippen molar-refractivity contribution in [2.45, 2.75) is 13.8 Å². The zero-order chi connectivity index (χ0) is 7.49. The van der Waals surface area contributed by atoms with Gasteiger partial charge in [0.25, 0.3) is 0 Å². The molecular weight excluding hydrogens is 140 g/mol. The molecule has 0 aromatic carbocycles. The lowest BCUT2D eigenvalue weighted by atomic mass is 10.3. The first-order valence-corrected chi connectivity index (χ1v) is 4.61. The summed E-state index contributed by atoms with van der Waals surface area (Å²) < 4.78 is 21.1. The quantitative estimate of drug-likeness (QED) is 0.619. The van der Waals surface area contributed by atoms with Crippen molar-refractivity contribution in [1.29, 1.82) is 0 Å². The molecule has 0 amide bonds. The largest absolute Gasteiger partial charge is 0.380 e. The van der Waals surface area contributed by atoms with Crippen molar-refractivity contribution in [2.24, 2.45) is 5.92 Å². The summed E-state index contributed by atoms with van der Waals surface area (Å²) in [7, 11) is -3.16. The number of hydrogen-bond donors (Lipinski definition) is 1. The van der Waals surface area contributed by atoms with Crippen molar-refractivity contribution in [3.8, 4) is 0 Å². The van der Waals surface area contributed by atoms with E-state index in [0.717, 1.165) is 0 Å². The molecule has 0 aliphatic heterocycles. The Bertz CT molecular complexity index is 157. The summed E-state index contributed by atoms with van der Waals surface area (Å²) in [5.41, 5.74) is 0. The third kappa shape index (κ3) is 4.42. The maximum Gasteiger partial charge on any atom is 0.174 e. The number of rotatable bonds is 3. The molecule has 3 nitrogen and oxygen atoms in total. The van der Waals surface area contributed by atoms with Gasteiger partial charge in [-0.15, -0.1) is 0 Å². The minimum absolute atomic E-state index is 0.0729. The van der Waals surface area contributed by atoms with Gasteiger partial charge in [0, 0.05) is 0 Å². The van der Waals surface area contributed by atoms with Crippen LogP contribution in [0.4, 0.5) is 0 Å². The Morgan fingerprint density at radius 1 is 1.44 bits per heavy atom. The molecule has 0 aromatic heterocycles. The molecule has 56 valence electrons. The number of aliphatic hydroxyl groups excluding tert-OH is 1. The highest BCUT2D eigenvalue weighted by molar-refractivity contribution is 7.91. The molecule has 0 saturated carbocycles. The Hall–Kier alpha value is -0.0900. The zero-order valence-electron chi connectivity index (χ0n) is 5.66. The Morgan fingerprint density at radius 3 is 2.00 bits per heavy atom. The summed E-state index contributed by atoms with van der Waals surface area (Å²) in [6.07, 6.45) is 0. The van der Waals surface area contributed by atoms with E-state index < -0.39 is 15.8 Å².